The number of nitrogens with one attached hydrogen (secondary N) is 1. The van der Waals surface area contributed by atoms with Crippen LogP contribution in [0.2, 0.25) is 20.1 Å². The van der Waals surface area contributed by atoms with E-state index < -0.39 is 0 Å². The maximum absolute atomic E-state index is 6.14. The number of nitrogens with zero attached hydrogens (tertiary/aromatic N) is 1. The van der Waals surface area contributed by atoms with Crippen molar-refractivity contribution in [1.82, 2.24) is 4.98 Å². The first kappa shape index (κ1) is 18.8. The third-order valence-corrected chi connectivity index (χ3v) is 5.04. The maximum Gasteiger partial charge on any atom is 0.187 e. The molecule has 8 heteroatoms. The Hall–Kier alpha value is -0.490. The SMILES string of the molecule is Clc1ccc(-c2csc(Nc3c(Cl)cccc3Cl)n2)cc1Cl.[Br-]. The van der Waals surface area contributed by atoms with Crippen LogP contribution in [0.3, 0.4) is 0 Å². The third-order valence-electron chi connectivity index (χ3n) is 2.91. The molecule has 0 aliphatic rings. The average molecular weight is 470 g/mol. The van der Waals surface area contributed by atoms with Gasteiger partial charge in [-0.05, 0) is 24.3 Å². The van der Waals surface area contributed by atoms with Gasteiger partial charge < -0.3 is 22.3 Å². The predicted molar refractivity (Wildman–Crippen MR) is 97.3 cm³/mol. The lowest BCUT2D eigenvalue weighted by Gasteiger charge is -2.07. The Morgan fingerprint density at radius 2 is 1.57 bits per heavy atom. The number of halogens is 5. The lowest BCUT2D eigenvalue weighted by molar-refractivity contribution is -0.00000391. The Labute approximate surface area is 168 Å². The molecule has 0 saturated carbocycles. The smallest absolute Gasteiger partial charge is 0.187 e. The van der Waals surface area contributed by atoms with Gasteiger partial charge in [0.05, 0.1) is 31.5 Å². The monoisotopic (exact) mass is 467 g/mol. The summed E-state index contributed by atoms with van der Waals surface area (Å²) in [5.74, 6) is 0. The van der Waals surface area contributed by atoms with E-state index in [0.29, 0.717) is 30.9 Å². The normalized spacial score (nSPS) is 10.3. The molecule has 120 valence electrons. The zero-order chi connectivity index (χ0) is 15.7. The molecule has 1 aromatic heterocycles. The number of hydrogen-bond acceptors (Lipinski definition) is 3. The van der Waals surface area contributed by atoms with E-state index in [1.54, 1.807) is 30.3 Å². The van der Waals surface area contributed by atoms with Crippen LogP contribution in [0.15, 0.2) is 41.8 Å². The molecule has 2 nitrogen and oxygen atoms in total. The van der Waals surface area contributed by atoms with Gasteiger partial charge in [-0.3, -0.25) is 0 Å². The topological polar surface area (TPSA) is 24.9 Å². The second kappa shape index (κ2) is 8.06. The number of thiazole rings is 1. The molecule has 0 bridgehead atoms. The summed E-state index contributed by atoms with van der Waals surface area (Å²) in [5, 5.41) is 7.85. The van der Waals surface area contributed by atoms with Crippen LogP contribution in [0.25, 0.3) is 11.3 Å². The third kappa shape index (κ3) is 4.32. The van der Waals surface area contributed by atoms with Crippen molar-refractivity contribution in [1.29, 1.82) is 0 Å². The molecule has 0 saturated heterocycles. The summed E-state index contributed by atoms with van der Waals surface area (Å²) in [6.45, 7) is 0. The summed E-state index contributed by atoms with van der Waals surface area (Å²) in [7, 11) is 0. The molecule has 0 fully saturated rings. The lowest BCUT2D eigenvalue weighted by Crippen LogP contribution is -3.00. The molecule has 1 heterocycles. The van der Waals surface area contributed by atoms with E-state index in [2.05, 4.69) is 10.3 Å². The van der Waals surface area contributed by atoms with E-state index in [-0.39, 0.29) is 17.0 Å². The Morgan fingerprint density at radius 1 is 0.870 bits per heavy atom. The van der Waals surface area contributed by atoms with Gasteiger partial charge in [-0.25, -0.2) is 4.98 Å². The second-order valence-electron chi connectivity index (χ2n) is 4.39. The van der Waals surface area contributed by atoms with Gasteiger partial charge in [0.25, 0.3) is 0 Å². The van der Waals surface area contributed by atoms with Gasteiger partial charge in [0.1, 0.15) is 0 Å². The standard InChI is InChI=1S/C15H8Cl4N2S.BrH/c16-9-5-4-8(6-12(9)19)13-7-22-15(20-13)21-14-10(17)2-1-3-11(14)18;/h1-7H,(H,20,21);1H/p-1. The molecule has 0 unspecified atom stereocenters. The molecule has 23 heavy (non-hydrogen) atoms. The van der Waals surface area contributed by atoms with Gasteiger partial charge in [-0.15, -0.1) is 11.3 Å². The molecule has 0 radical (unpaired) electrons. The fourth-order valence-corrected chi connectivity index (χ4v) is 3.36. The van der Waals surface area contributed by atoms with Crippen LogP contribution in [0.5, 0.6) is 0 Å². The molecular formula is C15H8BrCl4N2S-. The molecule has 3 aromatic rings. The van der Waals surface area contributed by atoms with Crippen LogP contribution in [-0.2, 0) is 0 Å². The number of para-hydroxylation sites is 1. The molecule has 0 aliphatic heterocycles. The first-order chi connectivity index (χ1) is 10.5. The Morgan fingerprint density at radius 3 is 2.22 bits per heavy atom. The van der Waals surface area contributed by atoms with E-state index in [0.717, 1.165) is 11.3 Å². The molecule has 3 rings (SSSR count). The quantitative estimate of drug-likeness (QED) is 0.622. The van der Waals surface area contributed by atoms with Crippen molar-refractivity contribution in [3.8, 4) is 11.3 Å². The zero-order valence-electron chi connectivity index (χ0n) is 11.3. The number of rotatable bonds is 3. The van der Waals surface area contributed by atoms with Crippen molar-refractivity contribution in [3.63, 3.8) is 0 Å². The van der Waals surface area contributed by atoms with E-state index in [9.17, 15) is 0 Å². The van der Waals surface area contributed by atoms with Crippen LogP contribution in [0.4, 0.5) is 10.8 Å². The number of benzene rings is 2. The van der Waals surface area contributed by atoms with Crippen LogP contribution in [0, 0.1) is 0 Å². The predicted octanol–water partition coefficient (Wildman–Crippen LogP) is 4.17. The number of aromatic nitrogens is 1. The van der Waals surface area contributed by atoms with Crippen LogP contribution >= 0.6 is 57.7 Å². The summed E-state index contributed by atoms with van der Waals surface area (Å²) >= 11 is 25.7. The Bertz CT molecular complexity index is 818. The fourth-order valence-electron chi connectivity index (χ4n) is 1.84. The van der Waals surface area contributed by atoms with Crippen molar-refractivity contribution in [2.75, 3.05) is 5.32 Å². The molecule has 0 amide bonds. The summed E-state index contributed by atoms with van der Waals surface area (Å²) in [6.07, 6.45) is 0. The minimum atomic E-state index is 0. The first-order valence-electron chi connectivity index (χ1n) is 6.16. The molecule has 0 atom stereocenters. The van der Waals surface area contributed by atoms with Crippen molar-refractivity contribution in [2.24, 2.45) is 0 Å². The van der Waals surface area contributed by atoms with Crippen molar-refractivity contribution in [2.45, 2.75) is 0 Å². The highest BCUT2D eigenvalue weighted by Crippen LogP contribution is 2.35. The van der Waals surface area contributed by atoms with Gasteiger partial charge >= 0.3 is 0 Å². The van der Waals surface area contributed by atoms with E-state index in [1.165, 1.54) is 11.3 Å². The highest BCUT2D eigenvalue weighted by molar-refractivity contribution is 7.14. The maximum atomic E-state index is 6.14. The Kier molecular flexibility index (Phi) is 6.60. The summed E-state index contributed by atoms with van der Waals surface area (Å²) in [5.41, 5.74) is 2.33. The van der Waals surface area contributed by atoms with Gasteiger partial charge in [0.15, 0.2) is 5.13 Å². The van der Waals surface area contributed by atoms with E-state index in [4.69, 9.17) is 46.4 Å². The number of hydrogen-bond donors (Lipinski definition) is 1. The lowest BCUT2D eigenvalue weighted by atomic mass is 10.2. The van der Waals surface area contributed by atoms with Gasteiger partial charge in [-0.2, -0.15) is 0 Å². The largest absolute Gasteiger partial charge is 1.00 e. The van der Waals surface area contributed by atoms with Crippen molar-refractivity contribution < 1.29 is 17.0 Å². The summed E-state index contributed by atoms with van der Waals surface area (Å²) in [6, 6.07) is 10.7. The summed E-state index contributed by atoms with van der Waals surface area (Å²) < 4.78 is 0. The first-order valence-corrected chi connectivity index (χ1v) is 8.56. The van der Waals surface area contributed by atoms with Gasteiger partial charge in [0, 0.05) is 10.9 Å². The fraction of sp³-hybridized carbons (Fsp3) is 0. The molecule has 2 aromatic carbocycles. The van der Waals surface area contributed by atoms with E-state index in [1.807, 2.05) is 11.4 Å². The minimum Gasteiger partial charge on any atom is -1.00 e. The Balaban J connectivity index is 0.00000192. The molecular weight excluding hydrogens is 462 g/mol. The van der Waals surface area contributed by atoms with Crippen molar-refractivity contribution in [3.05, 3.63) is 61.9 Å². The van der Waals surface area contributed by atoms with E-state index >= 15 is 0 Å². The number of anilines is 2. The van der Waals surface area contributed by atoms with Crippen LogP contribution < -0.4 is 22.3 Å². The molecule has 0 spiro atoms. The molecule has 1 N–H and O–H groups in total. The average Bonchev–Trinajstić information content (AvgIpc) is 2.95. The zero-order valence-corrected chi connectivity index (χ0v) is 16.7. The van der Waals surface area contributed by atoms with Crippen LogP contribution in [-0.4, -0.2) is 4.98 Å². The van der Waals surface area contributed by atoms with Gasteiger partial charge in [-0.1, -0.05) is 58.5 Å². The second-order valence-corrected chi connectivity index (χ2v) is 6.88. The molecule has 0 aliphatic carbocycles. The summed E-state index contributed by atoms with van der Waals surface area (Å²) in [4.78, 5) is 4.52. The highest BCUT2D eigenvalue weighted by Gasteiger charge is 2.10. The minimum absolute atomic E-state index is 0. The van der Waals surface area contributed by atoms with Crippen molar-refractivity contribution >= 4 is 68.6 Å². The van der Waals surface area contributed by atoms with Crippen LogP contribution in [0.1, 0.15) is 0 Å². The highest BCUT2D eigenvalue weighted by atomic mass is 79.9. The van der Waals surface area contributed by atoms with Gasteiger partial charge in [0.2, 0.25) is 0 Å².